The highest BCUT2D eigenvalue weighted by Gasteiger charge is 2.30. The first-order valence-corrected chi connectivity index (χ1v) is 7.95. The number of thiophene rings is 1. The van der Waals surface area contributed by atoms with Gasteiger partial charge in [0.05, 0.1) is 12.1 Å². The van der Waals surface area contributed by atoms with Crippen molar-refractivity contribution in [2.24, 2.45) is 0 Å². The number of aryl methyl sites for hydroxylation is 1. The van der Waals surface area contributed by atoms with Gasteiger partial charge in [0.2, 0.25) is 5.95 Å². The molecule has 1 aliphatic heterocycles. The number of rotatable bonds is 2. The zero-order chi connectivity index (χ0) is 14.2. The van der Waals surface area contributed by atoms with Crippen LogP contribution in [0.3, 0.4) is 0 Å². The predicted molar refractivity (Wildman–Crippen MR) is 84.6 cm³/mol. The van der Waals surface area contributed by atoms with Gasteiger partial charge in [0.1, 0.15) is 6.33 Å². The van der Waals surface area contributed by atoms with Gasteiger partial charge in [-0.1, -0.05) is 35.9 Å². The summed E-state index contributed by atoms with van der Waals surface area (Å²) in [4.78, 5) is 5.69. The molecule has 2 atom stereocenters. The zero-order valence-corrected chi connectivity index (χ0v) is 12.5. The van der Waals surface area contributed by atoms with Crippen molar-refractivity contribution < 1.29 is 0 Å². The molecule has 0 radical (unpaired) electrons. The maximum Gasteiger partial charge on any atom is 0.222 e. The number of benzene rings is 1. The summed E-state index contributed by atoms with van der Waals surface area (Å²) in [5.74, 6) is 0.852. The Kier molecular flexibility index (Phi) is 3.00. The molecule has 0 fully saturated rings. The fourth-order valence-corrected chi connectivity index (χ4v) is 3.68. The standard InChI is InChI=1S/C16H16N4S/c1-11-4-6-12(7-5-11)13-9-14(15-3-2-8-21-15)20-16(19-13)17-10-18-20/h2-8,10,13-14H,9H2,1H3,(H,17,18,19)/t13-,14-/m0/s1. The third kappa shape index (κ3) is 2.23. The van der Waals surface area contributed by atoms with Crippen LogP contribution in [0.15, 0.2) is 48.1 Å². The highest BCUT2D eigenvalue weighted by atomic mass is 32.1. The van der Waals surface area contributed by atoms with Crippen LogP contribution in [0.1, 0.15) is 34.5 Å². The largest absolute Gasteiger partial charge is 0.348 e. The molecule has 1 aliphatic rings. The Morgan fingerprint density at radius 1 is 1.24 bits per heavy atom. The van der Waals surface area contributed by atoms with Crippen LogP contribution in [-0.2, 0) is 0 Å². The quantitative estimate of drug-likeness (QED) is 0.782. The van der Waals surface area contributed by atoms with E-state index in [9.17, 15) is 0 Å². The highest BCUT2D eigenvalue weighted by molar-refractivity contribution is 7.10. The summed E-state index contributed by atoms with van der Waals surface area (Å²) >= 11 is 1.78. The Morgan fingerprint density at radius 2 is 2.10 bits per heavy atom. The number of nitrogens with zero attached hydrogens (tertiary/aromatic N) is 3. The lowest BCUT2D eigenvalue weighted by Crippen LogP contribution is -2.27. The third-order valence-electron chi connectivity index (χ3n) is 3.98. The van der Waals surface area contributed by atoms with Gasteiger partial charge < -0.3 is 5.32 Å². The van der Waals surface area contributed by atoms with E-state index in [0.717, 1.165) is 12.4 Å². The van der Waals surface area contributed by atoms with Crippen LogP contribution in [0.4, 0.5) is 5.95 Å². The normalized spacial score (nSPS) is 20.8. The van der Waals surface area contributed by atoms with Crippen LogP contribution in [0.2, 0.25) is 0 Å². The fourth-order valence-electron chi connectivity index (χ4n) is 2.86. The Morgan fingerprint density at radius 3 is 2.86 bits per heavy atom. The zero-order valence-electron chi connectivity index (χ0n) is 11.7. The topological polar surface area (TPSA) is 42.7 Å². The summed E-state index contributed by atoms with van der Waals surface area (Å²) < 4.78 is 2.00. The van der Waals surface area contributed by atoms with E-state index in [0.29, 0.717) is 0 Å². The van der Waals surface area contributed by atoms with E-state index >= 15 is 0 Å². The maximum absolute atomic E-state index is 4.39. The average Bonchev–Trinajstić information content (AvgIpc) is 3.18. The average molecular weight is 296 g/mol. The number of nitrogens with one attached hydrogen (secondary N) is 1. The minimum atomic E-state index is 0.259. The van der Waals surface area contributed by atoms with Gasteiger partial charge in [-0.25, -0.2) is 4.68 Å². The monoisotopic (exact) mass is 296 g/mol. The van der Waals surface area contributed by atoms with Crippen molar-refractivity contribution in [1.29, 1.82) is 0 Å². The molecule has 0 spiro atoms. The molecule has 1 N–H and O–H groups in total. The summed E-state index contributed by atoms with van der Waals surface area (Å²) in [6, 6.07) is 13.5. The molecule has 0 saturated carbocycles. The third-order valence-corrected chi connectivity index (χ3v) is 4.96. The number of hydrogen-bond donors (Lipinski definition) is 1. The van der Waals surface area contributed by atoms with E-state index in [1.807, 2.05) is 4.68 Å². The molecule has 0 amide bonds. The lowest BCUT2D eigenvalue weighted by atomic mass is 9.96. The molecular formula is C16H16N4S. The van der Waals surface area contributed by atoms with Crippen molar-refractivity contribution in [3.63, 3.8) is 0 Å². The highest BCUT2D eigenvalue weighted by Crippen LogP contribution is 2.38. The summed E-state index contributed by atoms with van der Waals surface area (Å²) in [6.07, 6.45) is 2.61. The van der Waals surface area contributed by atoms with Gasteiger partial charge in [-0.3, -0.25) is 0 Å². The summed E-state index contributed by atoms with van der Waals surface area (Å²) in [7, 11) is 0. The van der Waals surface area contributed by atoms with E-state index < -0.39 is 0 Å². The van der Waals surface area contributed by atoms with Crippen LogP contribution in [0, 0.1) is 6.92 Å². The first-order valence-electron chi connectivity index (χ1n) is 7.07. The lowest BCUT2D eigenvalue weighted by Gasteiger charge is -2.31. The molecule has 0 bridgehead atoms. The van der Waals surface area contributed by atoms with Crippen LogP contribution >= 0.6 is 11.3 Å². The van der Waals surface area contributed by atoms with Gasteiger partial charge in [0.25, 0.3) is 0 Å². The predicted octanol–water partition coefficient (Wildman–Crippen LogP) is 3.79. The molecule has 1 aromatic carbocycles. The number of fused-ring (bicyclic) bond motifs is 1. The van der Waals surface area contributed by atoms with Gasteiger partial charge >= 0.3 is 0 Å². The maximum atomic E-state index is 4.39. The Balaban J connectivity index is 1.72. The Hall–Kier alpha value is -2.14. The first-order chi connectivity index (χ1) is 10.3. The van der Waals surface area contributed by atoms with Crippen LogP contribution in [0.5, 0.6) is 0 Å². The molecule has 4 rings (SSSR count). The smallest absolute Gasteiger partial charge is 0.222 e. The molecule has 21 heavy (non-hydrogen) atoms. The van der Waals surface area contributed by atoms with Gasteiger partial charge in [-0.2, -0.15) is 10.1 Å². The molecule has 4 nitrogen and oxygen atoms in total. The molecule has 106 valence electrons. The van der Waals surface area contributed by atoms with E-state index in [4.69, 9.17) is 0 Å². The minimum absolute atomic E-state index is 0.259. The second kappa shape index (κ2) is 5.00. The summed E-state index contributed by atoms with van der Waals surface area (Å²) in [5.41, 5.74) is 2.59. The van der Waals surface area contributed by atoms with Crippen molar-refractivity contribution in [2.75, 3.05) is 5.32 Å². The van der Waals surface area contributed by atoms with Crippen LogP contribution < -0.4 is 5.32 Å². The van der Waals surface area contributed by atoms with Gasteiger partial charge in [-0.15, -0.1) is 11.3 Å². The number of hydrogen-bond acceptors (Lipinski definition) is 4. The van der Waals surface area contributed by atoms with Crippen molar-refractivity contribution in [3.8, 4) is 0 Å². The summed E-state index contributed by atoms with van der Waals surface area (Å²) in [5, 5.41) is 10.0. The first kappa shape index (κ1) is 12.6. The van der Waals surface area contributed by atoms with Crippen molar-refractivity contribution in [3.05, 3.63) is 64.1 Å². The Labute approximate surface area is 127 Å². The number of anilines is 1. The summed E-state index contributed by atoms with van der Waals surface area (Å²) in [6.45, 7) is 2.11. The molecule has 3 aromatic rings. The minimum Gasteiger partial charge on any atom is -0.348 e. The van der Waals surface area contributed by atoms with E-state index in [2.05, 4.69) is 64.1 Å². The van der Waals surface area contributed by atoms with E-state index in [-0.39, 0.29) is 12.1 Å². The molecule has 0 unspecified atom stereocenters. The van der Waals surface area contributed by atoms with Crippen molar-refractivity contribution in [2.45, 2.75) is 25.4 Å². The SMILES string of the molecule is Cc1ccc([C@@H]2C[C@@H](c3cccs3)n3ncnc3N2)cc1. The van der Waals surface area contributed by atoms with Crippen LogP contribution in [0.25, 0.3) is 0 Å². The second-order valence-electron chi connectivity index (χ2n) is 5.40. The second-order valence-corrected chi connectivity index (χ2v) is 6.38. The van der Waals surface area contributed by atoms with Crippen LogP contribution in [-0.4, -0.2) is 14.8 Å². The molecule has 2 aromatic heterocycles. The fraction of sp³-hybridized carbons (Fsp3) is 0.250. The lowest BCUT2D eigenvalue weighted by molar-refractivity contribution is 0.436. The van der Waals surface area contributed by atoms with Crippen molar-refractivity contribution in [1.82, 2.24) is 14.8 Å². The molecule has 5 heteroatoms. The molecular weight excluding hydrogens is 280 g/mol. The van der Waals surface area contributed by atoms with Gasteiger partial charge in [0, 0.05) is 4.88 Å². The number of aromatic nitrogens is 3. The van der Waals surface area contributed by atoms with Gasteiger partial charge in [-0.05, 0) is 30.4 Å². The molecule has 0 saturated heterocycles. The van der Waals surface area contributed by atoms with Crippen molar-refractivity contribution >= 4 is 17.3 Å². The van der Waals surface area contributed by atoms with E-state index in [1.165, 1.54) is 16.0 Å². The molecule has 3 heterocycles. The van der Waals surface area contributed by atoms with Gasteiger partial charge in [0.15, 0.2) is 0 Å². The Bertz CT molecular complexity index is 730. The van der Waals surface area contributed by atoms with E-state index in [1.54, 1.807) is 17.7 Å². The molecule has 0 aliphatic carbocycles.